The molecule has 2 atom stereocenters. The Balaban J connectivity index is 1.53. The van der Waals surface area contributed by atoms with E-state index in [0.717, 1.165) is 28.9 Å². The van der Waals surface area contributed by atoms with Gasteiger partial charge in [0.1, 0.15) is 0 Å². The van der Waals surface area contributed by atoms with E-state index in [1.807, 2.05) is 60.7 Å². The number of aromatic nitrogens is 2. The van der Waals surface area contributed by atoms with Crippen LogP contribution in [0.2, 0.25) is 0 Å². The van der Waals surface area contributed by atoms with E-state index in [2.05, 4.69) is 10.2 Å². The molecule has 7 nitrogen and oxygen atoms in total. The van der Waals surface area contributed by atoms with Crippen molar-refractivity contribution in [3.8, 4) is 0 Å². The number of amides is 2. The van der Waals surface area contributed by atoms with Gasteiger partial charge in [0.05, 0.1) is 6.04 Å². The molecule has 3 aromatic rings. The first-order valence-electron chi connectivity index (χ1n) is 10.6. The van der Waals surface area contributed by atoms with Crippen LogP contribution >= 0.6 is 0 Å². The molecule has 0 spiro atoms. The fourth-order valence-electron chi connectivity index (χ4n) is 4.01. The molecule has 1 saturated carbocycles. The van der Waals surface area contributed by atoms with Crippen LogP contribution in [-0.4, -0.2) is 27.1 Å². The zero-order valence-corrected chi connectivity index (χ0v) is 17.2. The van der Waals surface area contributed by atoms with Crippen molar-refractivity contribution in [3.63, 3.8) is 0 Å². The minimum Gasteiger partial charge on any atom is -0.422 e. The summed E-state index contributed by atoms with van der Waals surface area (Å²) in [5, 5.41) is 8.29. The van der Waals surface area contributed by atoms with E-state index < -0.39 is 23.6 Å². The van der Waals surface area contributed by atoms with Crippen molar-refractivity contribution in [1.82, 2.24) is 15.1 Å². The number of imide groups is 1. The maximum atomic E-state index is 13.8. The molecule has 2 aliphatic rings. The largest absolute Gasteiger partial charge is 0.422 e. The van der Waals surface area contributed by atoms with Crippen molar-refractivity contribution in [3.05, 3.63) is 83.6 Å². The Morgan fingerprint density at radius 1 is 1.03 bits per heavy atom. The molecule has 0 radical (unpaired) electrons. The van der Waals surface area contributed by atoms with Crippen LogP contribution in [0.15, 0.2) is 65.1 Å². The van der Waals surface area contributed by atoms with Crippen LogP contribution in [-0.2, 0) is 28.0 Å². The normalized spacial score (nSPS) is 21.9. The van der Waals surface area contributed by atoms with Gasteiger partial charge in [-0.05, 0) is 36.8 Å². The van der Waals surface area contributed by atoms with Crippen LogP contribution in [0.5, 0.6) is 0 Å². The monoisotopic (exact) mass is 417 g/mol. The van der Waals surface area contributed by atoms with E-state index in [9.17, 15) is 9.59 Å². The average Bonchev–Trinajstić information content (AvgIpc) is 3.41. The maximum absolute atomic E-state index is 13.8. The quantitative estimate of drug-likeness (QED) is 0.573. The molecule has 158 valence electrons. The van der Waals surface area contributed by atoms with Gasteiger partial charge in [0.15, 0.2) is 0 Å². The minimum absolute atomic E-state index is 0.0353. The van der Waals surface area contributed by atoms with Crippen molar-refractivity contribution in [2.75, 3.05) is 0 Å². The molecule has 2 amide bonds. The highest BCUT2D eigenvalue weighted by Gasteiger charge is 2.60. The average molecular weight is 417 g/mol. The predicted octanol–water partition coefficient (Wildman–Crippen LogP) is 4.20. The molecular weight excluding hydrogens is 394 g/mol. The molecule has 1 saturated heterocycles. The molecule has 7 heteroatoms. The molecule has 1 aromatic heterocycles. The number of rotatable bonds is 7. The molecule has 0 unspecified atom stereocenters. The lowest BCUT2D eigenvalue weighted by Gasteiger charge is -2.23. The molecule has 2 heterocycles. The van der Waals surface area contributed by atoms with E-state index in [0.29, 0.717) is 18.2 Å². The summed E-state index contributed by atoms with van der Waals surface area (Å²) >= 11 is 0. The molecular formula is C24H23N3O4. The first-order chi connectivity index (χ1) is 15.1. The van der Waals surface area contributed by atoms with Gasteiger partial charge < -0.3 is 9.15 Å². The van der Waals surface area contributed by atoms with Gasteiger partial charge in [-0.15, -0.1) is 10.2 Å². The Kier molecular flexibility index (Phi) is 4.81. The molecule has 5 rings (SSSR count). The van der Waals surface area contributed by atoms with Crippen LogP contribution < -0.4 is 0 Å². The third-order valence-electron chi connectivity index (χ3n) is 5.96. The van der Waals surface area contributed by atoms with E-state index in [1.54, 1.807) is 6.92 Å². The summed E-state index contributed by atoms with van der Waals surface area (Å²) in [6.07, 6.45) is 2.38. The second-order valence-corrected chi connectivity index (χ2v) is 8.27. The molecule has 31 heavy (non-hydrogen) atoms. The third kappa shape index (κ3) is 3.60. The number of ether oxygens (including phenoxy) is 1. The fourth-order valence-corrected chi connectivity index (χ4v) is 4.01. The van der Waals surface area contributed by atoms with Crippen molar-refractivity contribution in [2.24, 2.45) is 5.92 Å². The van der Waals surface area contributed by atoms with E-state index >= 15 is 0 Å². The van der Waals surface area contributed by atoms with Gasteiger partial charge in [-0.25, -0.2) is 9.69 Å². The topological polar surface area (TPSA) is 85.5 Å². The lowest BCUT2D eigenvalue weighted by Crippen LogP contribution is -2.41. The molecule has 1 aliphatic carbocycles. The smallest absolute Gasteiger partial charge is 0.418 e. The summed E-state index contributed by atoms with van der Waals surface area (Å²) in [5.74, 6) is 0.575. The summed E-state index contributed by atoms with van der Waals surface area (Å²) in [6.45, 7) is 1.80. The van der Waals surface area contributed by atoms with Gasteiger partial charge in [0.25, 0.3) is 17.4 Å². The Bertz CT molecular complexity index is 1090. The highest BCUT2D eigenvalue weighted by molar-refractivity contribution is 6.03. The summed E-state index contributed by atoms with van der Waals surface area (Å²) < 4.78 is 11.7. The first-order valence-corrected chi connectivity index (χ1v) is 10.6. The zero-order chi connectivity index (χ0) is 21.4. The van der Waals surface area contributed by atoms with Crippen molar-refractivity contribution < 1.29 is 18.7 Å². The number of benzene rings is 2. The second kappa shape index (κ2) is 7.65. The molecule has 2 fully saturated rings. The second-order valence-electron chi connectivity index (χ2n) is 8.27. The van der Waals surface area contributed by atoms with Crippen LogP contribution in [0, 0.1) is 5.92 Å². The summed E-state index contributed by atoms with van der Waals surface area (Å²) in [4.78, 5) is 27.9. The molecule has 0 N–H and O–H groups in total. The SMILES string of the molecule is C[C@H](c1ccccc1)N1C(=O)O[C@](Cc2ccccc2)(c2nnc(CC3CC3)o2)C1=O. The van der Waals surface area contributed by atoms with Gasteiger partial charge in [-0.1, -0.05) is 60.7 Å². The van der Waals surface area contributed by atoms with Gasteiger partial charge in [0.2, 0.25) is 5.89 Å². The maximum Gasteiger partial charge on any atom is 0.418 e. The van der Waals surface area contributed by atoms with Crippen LogP contribution in [0.3, 0.4) is 0 Å². The van der Waals surface area contributed by atoms with Gasteiger partial charge >= 0.3 is 6.09 Å². The number of nitrogens with zero attached hydrogens (tertiary/aromatic N) is 3. The number of carbonyl (C=O) groups is 2. The number of cyclic esters (lactones) is 1. The third-order valence-corrected chi connectivity index (χ3v) is 5.96. The summed E-state index contributed by atoms with van der Waals surface area (Å²) in [6, 6.07) is 18.3. The molecule has 1 aliphatic heterocycles. The molecule has 0 bridgehead atoms. The van der Waals surface area contributed by atoms with Crippen molar-refractivity contribution >= 4 is 12.0 Å². The lowest BCUT2D eigenvalue weighted by atomic mass is 9.92. The Morgan fingerprint density at radius 2 is 1.71 bits per heavy atom. The standard InChI is InChI=1S/C24H23N3O4/c1-16(19-10-6-3-7-11-19)27-22(28)24(31-23(27)29,15-18-8-4-2-5-9-18)21-26-25-20(30-21)14-17-12-13-17/h2-11,16-17H,12-15H2,1H3/t16-,24-/m1/s1. The van der Waals surface area contributed by atoms with Crippen LogP contribution in [0.1, 0.15) is 48.7 Å². The van der Waals surface area contributed by atoms with Gasteiger partial charge in [-0.2, -0.15) is 0 Å². The minimum atomic E-state index is -1.67. The Labute approximate surface area is 180 Å². The van der Waals surface area contributed by atoms with Crippen LogP contribution in [0.25, 0.3) is 0 Å². The highest BCUT2D eigenvalue weighted by atomic mass is 16.6. The Hall–Kier alpha value is -3.48. The van der Waals surface area contributed by atoms with E-state index in [-0.39, 0.29) is 12.3 Å². The summed E-state index contributed by atoms with van der Waals surface area (Å²) in [5.41, 5.74) is -0.000850. The summed E-state index contributed by atoms with van der Waals surface area (Å²) in [7, 11) is 0. The molecule has 2 aromatic carbocycles. The van der Waals surface area contributed by atoms with Gasteiger partial charge in [0, 0.05) is 12.8 Å². The van der Waals surface area contributed by atoms with E-state index in [1.165, 1.54) is 0 Å². The Morgan fingerprint density at radius 3 is 2.39 bits per heavy atom. The highest BCUT2D eigenvalue weighted by Crippen LogP contribution is 2.41. The predicted molar refractivity (Wildman–Crippen MR) is 111 cm³/mol. The lowest BCUT2D eigenvalue weighted by molar-refractivity contribution is -0.140. The number of hydrogen-bond donors (Lipinski definition) is 0. The van der Waals surface area contributed by atoms with Gasteiger partial charge in [-0.3, -0.25) is 4.79 Å². The zero-order valence-electron chi connectivity index (χ0n) is 17.2. The van der Waals surface area contributed by atoms with E-state index in [4.69, 9.17) is 9.15 Å². The number of hydrogen-bond acceptors (Lipinski definition) is 6. The van der Waals surface area contributed by atoms with Crippen LogP contribution in [0.4, 0.5) is 4.79 Å². The fraction of sp³-hybridized carbons (Fsp3) is 0.333. The van der Waals surface area contributed by atoms with Crippen molar-refractivity contribution in [1.29, 1.82) is 0 Å². The van der Waals surface area contributed by atoms with Crippen molar-refractivity contribution in [2.45, 2.75) is 44.2 Å². The first kappa shape index (κ1) is 19.5. The number of carbonyl (C=O) groups excluding carboxylic acids is 2.